The zero-order valence-electron chi connectivity index (χ0n) is 13.5. The van der Waals surface area contributed by atoms with Crippen molar-refractivity contribution in [3.63, 3.8) is 0 Å². The molecule has 1 aromatic carbocycles. The molecule has 0 radical (unpaired) electrons. The van der Waals surface area contributed by atoms with Crippen LogP contribution in [0, 0.1) is 0 Å². The van der Waals surface area contributed by atoms with E-state index in [4.69, 9.17) is 16.3 Å². The van der Waals surface area contributed by atoms with E-state index >= 15 is 0 Å². The van der Waals surface area contributed by atoms with E-state index in [2.05, 4.69) is 10.3 Å². The highest BCUT2D eigenvalue weighted by atomic mass is 35.5. The number of rotatable bonds is 3. The van der Waals surface area contributed by atoms with Crippen molar-refractivity contribution in [2.24, 2.45) is 0 Å². The van der Waals surface area contributed by atoms with E-state index in [1.54, 1.807) is 24.0 Å². The van der Waals surface area contributed by atoms with Gasteiger partial charge in [-0.25, -0.2) is 4.79 Å². The number of hydrogen-bond acceptors (Lipinski definition) is 3. The first-order chi connectivity index (χ1) is 11.6. The first kappa shape index (κ1) is 16.6. The largest absolute Gasteiger partial charge is 0.450 e. The van der Waals surface area contributed by atoms with Gasteiger partial charge in [0.15, 0.2) is 0 Å². The second-order valence-corrected chi connectivity index (χ2v) is 6.22. The first-order valence-corrected chi connectivity index (χ1v) is 8.46. The quantitative estimate of drug-likeness (QED) is 0.893. The van der Waals surface area contributed by atoms with Gasteiger partial charge in [0.1, 0.15) is 5.69 Å². The van der Waals surface area contributed by atoms with Crippen LogP contribution in [0.1, 0.15) is 30.3 Å². The number of carbonyl (C=O) groups is 2. The summed E-state index contributed by atoms with van der Waals surface area (Å²) in [6.45, 7) is 3.33. The van der Waals surface area contributed by atoms with Gasteiger partial charge in [0, 0.05) is 35.1 Å². The summed E-state index contributed by atoms with van der Waals surface area (Å²) in [5, 5.41) is 4.47. The maximum Gasteiger partial charge on any atom is 0.409 e. The van der Waals surface area contributed by atoms with E-state index in [0.717, 1.165) is 10.9 Å². The third-order valence-electron chi connectivity index (χ3n) is 4.21. The molecule has 0 saturated carbocycles. The third kappa shape index (κ3) is 3.48. The fourth-order valence-corrected chi connectivity index (χ4v) is 3.15. The molecule has 1 aliphatic rings. The SMILES string of the molecule is CCOC(=O)N1CCC(NC(=O)c2cc3c(Cl)cccc3[nH]2)CC1. The van der Waals surface area contributed by atoms with Crippen LogP contribution in [0.2, 0.25) is 5.02 Å². The van der Waals surface area contributed by atoms with Gasteiger partial charge < -0.3 is 19.9 Å². The van der Waals surface area contributed by atoms with Gasteiger partial charge in [0.25, 0.3) is 5.91 Å². The fraction of sp³-hybridized carbons (Fsp3) is 0.412. The highest BCUT2D eigenvalue weighted by Gasteiger charge is 2.25. The Balaban J connectivity index is 1.59. The van der Waals surface area contributed by atoms with Crippen molar-refractivity contribution >= 4 is 34.5 Å². The molecule has 0 aliphatic carbocycles. The summed E-state index contributed by atoms with van der Waals surface area (Å²) in [7, 11) is 0. The minimum absolute atomic E-state index is 0.0464. The summed E-state index contributed by atoms with van der Waals surface area (Å²) < 4.78 is 4.99. The second-order valence-electron chi connectivity index (χ2n) is 5.82. The average molecular weight is 350 g/mol. The molecule has 2 aromatic rings. The van der Waals surface area contributed by atoms with Crippen molar-refractivity contribution in [1.29, 1.82) is 0 Å². The highest BCUT2D eigenvalue weighted by molar-refractivity contribution is 6.35. The van der Waals surface area contributed by atoms with E-state index in [9.17, 15) is 9.59 Å². The minimum atomic E-state index is -0.285. The summed E-state index contributed by atoms with van der Waals surface area (Å²) in [5.74, 6) is -0.156. The van der Waals surface area contributed by atoms with Gasteiger partial charge in [0.2, 0.25) is 0 Å². The number of fused-ring (bicyclic) bond motifs is 1. The number of aromatic nitrogens is 1. The topological polar surface area (TPSA) is 74.4 Å². The van der Waals surface area contributed by atoms with Crippen LogP contribution in [0.3, 0.4) is 0 Å². The van der Waals surface area contributed by atoms with Crippen LogP contribution in [0.15, 0.2) is 24.3 Å². The normalized spacial score (nSPS) is 15.5. The number of H-pyrrole nitrogens is 1. The Morgan fingerprint density at radius 1 is 1.38 bits per heavy atom. The Morgan fingerprint density at radius 3 is 2.79 bits per heavy atom. The molecule has 2 N–H and O–H groups in total. The molecule has 2 amide bonds. The molecule has 128 valence electrons. The van der Waals surface area contributed by atoms with Crippen molar-refractivity contribution in [3.05, 3.63) is 35.0 Å². The number of aromatic amines is 1. The summed E-state index contributed by atoms with van der Waals surface area (Å²) >= 11 is 6.14. The van der Waals surface area contributed by atoms with Crippen molar-refractivity contribution < 1.29 is 14.3 Å². The number of halogens is 1. The summed E-state index contributed by atoms with van der Waals surface area (Å²) in [6.07, 6.45) is 1.14. The Kier molecular flexibility index (Phi) is 4.94. The van der Waals surface area contributed by atoms with Crippen LogP contribution in [-0.2, 0) is 4.74 Å². The van der Waals surface area contributed by atoms with Gasteiger partial charge in [-0.05, 0) is 38.0 Å². The average Bonchev–Trinajstić information content (AvgIpc) is 3.01. The molecule has 6 nitrogen and oxygen atoms in total. The predicted octanol–water partition coefficient (Wildman–Crippen LogP) is 3.17. The molecule has 1 aliphatic heterocycles. The number of nitrogens with zero attached hydrogens (tertiary/aromatic N) is 1. The molecule has 7 heteroatoms. The molecular weight excluding hydrogens is 330 g/mol. The number of carbonyl (C=O) groups excluding carboxylic acids is 2. The number of likely N-dealkylation sites (tertiary alicyclic amines) is 1. The summed E-state index contributed by atoms with van der Waals surface area (Å²) in [6, 6.07) is 7.33. The van der Waals surface area contributed by atoms with Crippen LogP contribution in [-0.4, -0.2) is 47.6 Å². The molecule has 0 atom stereocenters. The Bertz CT molecular complexity index is 751. The van der Waals surface area contributed by atoms with Crippen LogP contribution in [0.4, 0.5) is 4.79 Å². The summed E-state index contributed by atoms with van der Waals surface area (Å²) in [5.41, 5.74) is 1.33. The van der Waals surface area contributed by atoms with E-state index in [1.807, 2.05) is 12.1 Å². The van der Waals surface area contributed by atoms with Gasteiger partial charge in [-0.2, -0.15) is 0 Å². The molecule has 0 bridgehead atoms. The minimum Gasteiger partial charge on any atom is -0.450 e. The molecule has 0 unspecified atom stereocenters. The summed E-state index contributed by atoms with van der Waals surface area (Å²) in [4.78, 5) is 28.9. The molecule has 0 spiro atoms. The van der Waals surface area contributed by atoms with Gasteiger partial charge in [0.05, 0.1) is 6.61 Å². The van der Waals surface area contributed by atoms with Gasteiger partial charge in [-0.3, -0.25) is 4.79 Å². The lowest BCUT2D eigenvalue weighted by molar-refractivity contribution is 0.0857. The Morgan fingerprint density at radius 2 is 2.12 bits per heavy atom. The van der Waals surface area contributed by atoms with Crippen molar-refractivity contribution in [1.82, 2.24) is 15.2 Å². The number of amides is 2. The van der Waals surface area contributed by atoms with Crippen molar-refractivity contribution in [2.75, 3.05) is 19.7 Å². The zero-order chi connectivity index (χ0) is 17.1. The zero-order valence-corrected chi connectivity index (χ0v) is 14.2. The lowest BCUT2D eigenvalue weighted by Crippen LogP contribution is -2.46. The molecule has 1 aromatic heterocycles. The van der Waals surface area contributed by atoms with Crippen LogP contribution < -0.4 is 5.32 Å². The number of benzene rings is 1. The number of ether oxygens (including phenoxy) is 1. The maximum absolute atomic E-state index is 12.4. The van der Waals surface area contributed by atoms with E-state index in [1.165, 1.54) is 0 Å². The molecule has 2 heterocycles. The fourth-order valence-electron chi connectivity index (χ4n) is 2.92. The molecule has 24 heavy (non-hydrogen) atoms. The van der Waals surface area contributed by atoms with Crippen molar-refractivity contribution in [2.45, 2.75) is 25.8 Å². The Hall–Kier alpha value is -2.21. The van der Waals surface area contributed by atoms with Crippen LogP contribution in [0.25, 0.3) is 10.9 Å². The lowest BCUT2D eigenvalue weighted by atomic mass is 10.1. The van der Waals surface area contributed by atoms with Crippen LogP contribution in [0.5, 0.6) is 0 Å². The van der Waals surface area contributed by atoms with Gasteiger partial charge in [-0.1, -0.05) is 17.7 Å². The number of nitrogens with one attached hydrogen (secondary N) is 2. The van der Waals surface area contributed by atoms with E-state index < -0.39 is 0 Å². The van der Waals surface area contributed by atoms with Gasteiger partial charge >= 0.3 is 6.09 Å². The second kappa shape index (κ2) is 7.13. The molecule has 1 fully saturated rings. The number of piperidine rings is 1. The number of hydrogen-bond donors (Lipinski definition) is 2. The monoisotopic (exact) mass is 349 g/mol. The van der Waals surface area contributed by atoms with E-state index in [0.29, 0.717) is 43.3 Å². The Labute approximate surface area is 145 Å². The smallest absolute Gasteiger partial charge is 0.409 e. The van der Waals surface area contributed by atoms with Crippen molar-refractivity contribution in [3.8, 4) is 0 Å². The van der Waals surface area contributed by atoms with Gasteiger partial charge in [-0.15, -0.1) is 0 Å². The highest BCUT2D eigenvalue weighted by Crippen LogP contribution is 2.24. The van der Waals surface area contributed by atoms with E-state index in [-0.39, 0.29) is 18.0 Å². The standard InChI is InChI=1S/C17H20ClN3O3/c1-2-24-17(23)21-8-6-11(7-9-21)19-16(22)15-10-12-13(18)4-3-5-14(12)20-15/h3-5,10-11,20H,2,6-9H2,1H3,(H,19,22). The third-order valence-corrected chi connectivity index (χ3v) is 4.54. The molecule has 1 saturated heterocycles. The molecule has 3 rings (SSSR count). The first-order valence-electron chi connectivity index (χ1n) is 8.08. The van der Waals surface area contributed by atoms with Crippen LogP contribution >= 0.6 is 11.6 Å². The maximum atomic E-state index is 12.4. The lowest BCUT2D eigenvalue weighted by Gasteiger charge is -2.31. The predicted molar refractivity (Wildman–Crippen MR) is 92.4 cm³/mol. The molecular formula is C17H20ClN3O3.